The van der Waals surface area contributed by atoms with E-state index in [1.165, 1.54) is 16.7 Å². The molecule has 1 heterocycles. The Hall–Kier alpha value is -1.28. The third-order valence-electron chi connectivity index (χ3n) is 2.44. The van der Waals surface area contributed by atoms with Crippen LogP contribution in [0.2, 0.25) is 0 Å². The minimum absolute atomic E-state index is 0.590. The molecule has 0 saturated heterocycles. The van der Waals surface area contributed by atoms with Gasteiger partial charge in [-0.2, -0.15) is 0 Å². The first kappa shape index (κ1) is 9.28. The van der Waals surface area contributed by atoms with Crippen LogP contribution in [-0.4, -0.2) is 13.2 Å². The molecule has 2 rings (SSSR count). The molecule has 1 aliphatic heterocycles. The highest BCUT2D eigenvalue weighted by Crippen LogP contribution is 2.30. The second kappa shape index (κ2) is 3.84. The van der Waals surface area contributed by atoms with Gasteiger partial charge in [0.1, 0.15) is 5.75 Å². The van der Waals surface area contributed by atoms with Gasteiger partial charge >= 0.3 is 0 Å². The van der Waals surface area contributed by atoms with Crippen LogP contribution in [0.1, 0.15) is 16.7 Å². The molecule has 0 atom stereocenters. The molecule has 2 heteroatoms. The Morgan fingerprint density at radius 1 is 1.50 bits per heavy atom. The molecule has 2 nitrogen and oxygen atoms in total. The van der Waals surface area contributed by atoms with E-state index < -0.39 is 0 Å². The van der Waals surface area contributed by atoms with E-state index in [4.69, 9.17) is 10.5 Å². The number of nitrogens with two attached hydrogens (primary N) is 1. The summed E-state index contributed by atoms with van der Waals surface area (Å²) in [4.78, 5) is 0. The quantitative estimate of drug-likeness (QED) is 0.771. The highest BCUT2D eigenvalue weighted by atomic mass is 16.5. The molecular weight excluding hydrogens is 174 g/mol. The van der Waals surface area contributed by atoms with Crippen molar-refractivity contribution in [1.82, 2.24) is 0 Å². The Bertz CT molecular complexity index is 369. The van der Waals surface area contributed by atoms with Crippen molar-refractivity contribution in [2.24, 2.45) is 5.73 Å². The summed E-state index contributed by atoms with van der Waals surface area (Å²) in [5.41, 5.74) is 9.18. The van der Waals surface area contributed by atoms with Gasteiger partial charge in [-0.15, -0.1) is 0 Å². The van der Waals surface area contributed by atoms with E-state index in [2.05, 4.69) is 25.1 Å². The van der Waals surface area contributed by atoms with Crippen molar-refractivity contribution in [1.29, 1.82) is 0 Å². The van der Waals surface area contributed by atoms with Crippen molar-refractivity contribution in [3.05, 3.63) is 34.9 Å². The number of rotatable bonds is 2. The van der Waals surface area contributed by atoms with Gasteiger partial charge in [0.2, 0.25) is 0 Å². The van der Waals surface area contributed by atoms with Crippen molar-refractivity contribution >= 4 is 6.08 Å². The molecule has 14 heavy (non-hydrogen) atoms. The van der Waals surface area contributed by atoms with Gasteiger partial charge in [-0.3, -0.25) is 0 Å². The Labute approximate surface area is 84.4 Å². The average molecular weight is 189 g/mol. The Morgan fingerprint density at radius 2 is 2.36 bits per heavy atom. The number of ether oxygens (including phenoxy) is 1. The third kappa shape index (κ3) is 1.66. The molecule has 74 valence electrons. The van der Waals surface area contributed by atoms with Gasteiger partial charge in [-0.1, -0.05) is 12.2 Å². The molecular formula is C12H15NO. The zero-order chi connectivity index (χ0) is 9.97. The fraction of sp³-hybridized carbons (Fsp3) is 0.333. The van der Waals surface area contributed by atoms with E-state index in [1.807, 2.05) is 6.08 Å². The van der Waals surface area contributed by atoms with Gasteiger partial charge < -0.3 is 10.5 Å². The summed E-state index contributed by atoms with van der Waals surface area (Å²) in [5, 5.41) is 0. The number of hydrogen-bond donors (Lipinski definition) is 1. The van der Waals surface area contributed by atoms with Crippen LogP contribution in [0.15, 0.2) is 18.2 Å². The lowest BCUT2D eigenvalue weighted by Crippen LogP contribution is -1.92. The first-order valence-electron chi connectivity index (χ1n) is 4.94. The van der Waals surface area contributed by atoms with Crippen LogP contribution < -0.4 is 10.5 Å². The van der Waals surface area contributed by atoms with Crippen LogP contribution in [0.4, 0.5) is 0 Å². The maximum atomic E-state index is 5.54. The maximum absolute atomic E-state index is 5.54. The largest absolute Gasteiger partial charge is 0.493 e. The SMILES string of the molecule is Cc1cc(/C=C/CN)cc2c1OCC2. The van der Waals surface area contributed by atoms with Crippen LogP contribution in [0.25, 0.3) is 6.08 Å². The first-order valence-corrected chi connectivity index (χ1v) is 4.94. The molecule has 1 aliphatic rings. The van der Waals surface area contributed by atoms with E-state index in [1.54, 1.807) is 0 Å². The minimum Gasteiger partial charge on any atom is -0.493 e. The Morgan fingerprint density at radius 3 is 3.14 bits per heavy atom. The zero-order valence-corrected chi connectivity index (χ0v) is 8.42. The highest BCUT2D eigenvalue weighted by Gasteiger charge is 2.14. The molecule has 2 N–H and O–H groups in total. The van der Waals surface area contributed by atoms with Gasteiger partial charge in [0.15, 0.2) is 0 Å². The summed E-state index contributed by atoms with van der Waals surface area (Å²) in [5.74, 6) is 1.08. The van der Waals surface area contributed by atoms with E-state index >= 15 is 0 Å². The predicted molar refractivity (Wildman–Crippen MR) is 58.5 cm³/mol. The normalized spacial score (nSPS) is 14.4. The molecule has 0 amide bonds. The van der Waals surface area contributed by atoms with Crippen LogP contribution in [0, 0.1) is 6.92 Å². The van der Waals surface area contributed by atoms with Crippen molar-refractivity contribution in [2.45, 2.75) is 13.3 Å². The topological polar surface area (TPSA) is 35.2 Å². The van der Waals surface area contributed by atoms with Crippen LogP contribution >= 0.6 is 0 Å². The van der Waals surface area contributed by atoms with Gasteiger partial charge in [0, 0.05) is 13.0 Å². The van der Waals surface area contributed by atoms with Gasteiger partial charge in [-0.05, 0) is 35.7 Å². The van der Waals surface area contributed by atoms with E-state index in [-0.39, 0.29) is 0 Å². The summed E-state index contributed by atoms with van der Waals surface area (Å²) >= 11 is 0. The Kier molecular flexibility index (Phi) is 2.55. The lowest BCUT2D eigenvalue weighted by Gasteiger charge is -2.04. The third-order valence-corrected chi connectivity index (χ3v) is 2.44. The predicted octanol–water partition coefficient (Wildman–Crippen LogP) is 1.90. The zero-order valence-electron chi connectivity index (χ0n) is 8.42. The maximum Gasteiger partial charge on any atom is 0.125 e. The molecule has 0 unspecified atom stereocenters. The van der Waals surface area contributed by atoms with Crippen LogP contribution in [-0.2, 0) is 6.42 Å². The summed E-state index contributed by atoms with van der Waals surface area (Å²) in [7, 11) is 0. The minimum atomic E-state index is 0.590. The number of aryl methyl sites for hydroxylation is 1. The lowest BCUT2D eigenvalue weighted by atomic mass is 10.0. The van der Waals surface area contributed by atoms with Crippen molar-refractivity contribution in [2.75, 3.05) is 13.2 Å². The smallest absolute Gasteiger partial charge is 0.125 e. The molecule has 0 fully saturated rings. The molecule has 0 spiro atoms. The van der Waals surface area contributed by atoms with Crippen LogP contribution in [0.5, 0.6) is 5.75 Å². The second-order valence-electron chi connectivity index (χ2n) is 3.56. The number of fused-ring (bicyclic) bond motifs is 1. The fourth-order valence-corrected chi connectivity index (χ4v) is 1.83. The van der Waals surface area contributed by atoms with Crippen molar-refractivity contribution in [3.63, 3.8) is 0 Å². The van der Waals surface area contributed by atoms with Gasteiger partial charge in [-0.25, -0.2) is 0 Å². The molecule has 0 saturated carbocycles. The van der Waals surface area contributed by atoms with E-state index in [9.17, 15) is 0 Å². The molecule has 0 aliphatic carbocycles. The first-order chi connectivity index (χ1) is 6.81. The summed E-state index contributed by atoms with van der Waals surface area (Å²) in [6, 6.07) is 4.32. The van der Waals surface area contributed by atoms with E-state index in [0.29, 0.717) is 6.54 Å². The molecule has 0 aromatic heterocycles. The number of hydrogen-bond acceptors (Lipinski definition) is 2. The van der Waals surface area contributed by atoms with Gasteiger partial charge in [0.05, 0.1) is 6.61 Å². The standard InChI is InChI=1S/C12H15NO/c1-9-7-10(3-2-5-13)8-11-4-6-14-12(9)11/h2-3,7-8H,4-6,13H2,1H3/b3-2+. The second-order valence-corrected chi connectivity index (χ2v) is 3.56. The van der Waals surface area contributed by atoms with Gasteiger partial charge in [0.25, 0.3) is 0 Å². The lowest BCUT2D eigenvalue weighted by molar-refractivity contribution is 0.354. The Balaban J connectivity index is 2.37. The van der Waals surface area contributed by atoms with Crippen molar-refractivity contribution in [3.8, 4) is 5.75 Å². The molecule has 0 radical (unpaired) electrons. The van der Waals surface area contributed by atoms with Crippen LogP contribution in [0.3, 0.4) is 0 Å². The monoisotopic (exact) mass is 189 g/mol. The average Bonchev–Trinajstić information content (AvgIpc) is 2.63. The number of benzene rings is 1. The van der Waals surface area contributed by atoms with Crippen molar-refractivity contribution < 1.29 is 4.74 Å². The molecule has 1 aromatic carbocycles. The van der Waals surface area contributed by atoms with E-state index in [0.717, 1.165) is 18.8 Å². The highest BCUT2D eigenvalue weighted by molar-refractivity contribution is 5.57. The molecule has 0 bridgehead atoms. The summed E-state index contributed by atoms with van der Waals surface area (Å²) in [6.45, 7) is 3.50. The fourth-order valence-electron chi connectivity index (χ4n) is 1.83. The summed E-state index contributed by atoms with van der Waals surface area (Å²) in [6.07, 6.45) is 5.06. The summed E-state index contributed by atoms with van der Waals surface area (Å²) < 4.78 is 5.54. The molecule has 1 aromatic rings.